The van der Waals surface area contributed by atoms with Crippen molar-refractivity contribution in [3.63, 3.8) is 0 Å². The minimum Gasteiger partial charge on any atom is -0.490 e. The Morgan fingerprint density at radius 1 is 1.23 bits per heavy atom. The molecule has 0 aliphatic carbocycles. The number of hydrogen-bond acceptors (Lipinski definition) is 5. The number of halogens is 1. The van der Waals surface area contributed by atoms with E-state index in [-0.39, 0.29) is 12.4 Å². The standard InChI is InChI=1S/C22H20IN3O4/c1-3-29-17-12-15(11-16(23)21(17)30-10-9-24)20-18(13(2)27)19(25-22(28)26-20)14-7-5-4-6-8-14/h4-8,11-12,20H,3,10H2,1-2H3,(H2,25,26,28). The van der Waals surface area contributed by atoms with E-state index in [2.05, 4.69) is 33.2 Å². The van der Waals surface area contributed by atoms with Gasteiger partial charge >= 0.3 is 6.03 Å². The minimum absolute atomic E-state index is 0.115. The van der Waals surface area contributed by atoms with Crippen LogP contribution in [0.3, 0.4) is 0 Å². The van der Waals surface area contributed by atoms with E-state index in [1.165, 1.54) is 6.92 Å². The summed E-state index contributed by atoms with van der Waals surface area (Å²) in [5, 5.41) is 14.5. The van der Waals surface area contributed by atoms with Crippen LogP contribution in [0, 0.1) is 14.9 Å². The third kappa shape index (κ3) is 4.57. The summed E-state index contributed by atoms with van der Waals surface area (Å²) < 4.78 is 11.9. The van der Waals surface area contributed by atoms with Gasteiger partial charge in [0.1, 0.15) is 6.07 Å². The average Bonchev–Trinajstić information content (AvgIpc) is 2.73. The SMILES string of the molecule is CCOc1cc(C2NC(=O)NC(c3ccccc3)=C2C(C)=O)cc(I)c1OCC#N. The van der Waals surface area contributed by atoms with Crippen LogP contribution in [0.1, 0.15) is 31.0 Å². The summed E-state index contributed by atoms with van der Waals surface area (Å²) in [4.78, 5) is 25.1. The van der Waals surface area contributed by atoms with Crippen LogP contribution in [0.15, 0.2) is 48.0 Å². The van der Waals surface area contributed by atoms with Crippen LogP contribution in [-0.4, -0.2) is 25.0 Å². The molecule has 0 spiro atoms. The van der Waals surface area contributed by atoms with E-state index >= 15 is 0 Å². The average molecular weight is 517 g/mol. The molecule has 0 fully saturated rings. The summed E-state index contributed by atoms with van der Waals surface area (Å²) in [5.74, 6) is 0.746. The van der Waals surface area contributed by atoms with Gasteiger partial charge in [-0.1, -0.05) is 30.3 Å². The molecule has 1 aliphatic heterocycles. The van der Waals surface area contributed by atoms with Gasteiger partial charge in [-0.2, -0.15) is 5.26 Å². The number of ketones is 1. The van der Waals surface area contributed by atoms with Gasteiger partial charge in [-0.05, 0) is 59.7 Å². The summed E-state index contributed by atoms with van der Waals surface area (Å²) in [6.45, 7) is 3.60. The Morgan fingerprint density at radius 3 is 2.60 bits per heavy atom. The number of Topliss-reactive ketones (excluding diaryl/α,β-unsaturated/α-hetero) is 1. The maximum absolute atomic E-state index is 12.6. The Bertz CT molecular complexity index is 1040. The molecule has 30 heavy (non-hydrogen) atoms. The third-order valence-corrected chi connectivity index (χ3v) is 5.26. The fourth-order valence-electron chi connectivity index (χ4n) is 3.29. The van der Waals surface area contributed by atoms with Gasteiger partial charge < -0.3 is 20.1 Å². The molecular formula is C22H20IN3O4. The number of carbonyl (C=O) groups excluding carboxylic acids is 2. The molecule has 1 unspecified atom stereocenters. The molecule has 0 saturated carbocycles. The largest absolute Gasteiger partial charge is 0.490 e. The number of nitriles is 1. The topological polar surface area (TPSA) is 100 Å². The number of nitrogens with one attached hydrogen (secondary N) is 2. The van der Waals surface area contributed by atoms with Gasteiger partial charge in [0, 0.05) is 5.57 Å². The van der Waals surface area contributed by atoms with Gasteiger partial charge in [0.15, 0.2) is 23.9 Å². The van der Waals surface area contributed by atoms with Crippen molar-refractivity contribution < 1.29 is 19.1 Å². The lowest BCUT2D eigenvalue weighted by molar-refractivity contribution is -0.113. The van der Waals surface area contributed by atoms with Crippen molar-refractivity contribution >= 4 is 40.1 Å². The first-order valence-corrected chi connectivity index (χ1v) is 10.4. The molecule has 0 bridgehead atoms. The lowest BCUT2D eigenvalue weighted by atomic mass is 9.90. The molecule has 0 radical (unpaired) electrons. The van der Waals surface area contributed by atoms with Crippen LogP contribution < -0.4 is 20.1 Å². The molecule has 3 rings (SSSR count). The number of urea groups is 1. The Hall–Kier alpha value is -3.06. The molecule has 1 atom stereocenters. The molecule has 2 amide bonds. The number of nitrogens with zero attached hydrogens (tertiary/aromatic N) is 1. The monoisotopic (exact) mass is 517 g/mol. The summed E-state index contributed by atoms with van der Waals surface area (Å²) in [6.07, 6.45) is 0. The van der Waals surface area contributed by atoms with Gasteiger partial charge in [-0.25, -0.2) is 4.79 Å². The van der Waals surface area contributed by atoms with E-state index < -0.39 is 12.1 Å². The highest BCUT2D eigenvalue weighted by Gasteiger charge is 2.32. The number of benzene rings is 2. The molecule has 1 aliphatic rings. The maximum atomic E-state index is 12.6. The predicted molar refractivity (Wildman–Crippen MR) is 120 cm³/mol. The molecule has 2 N–H and O–H groups in total. The molecule has 2 aromatic carbocycles. The first-order valence-electron chi connectivity index (χ1n) is 9.30. The van der Waals surface area contributed by atoms with Gasteiger partial charge in [0.05, 0.1) is 21.9 Å². The lowest BCUT2D eigenvalue weighted by Gasteiger charge is -2.30. The number of amides is 2. The van der Waals surface area contributed by atoms with E-state index in [9.17, 15) is 9.59 Å². The highest BCUT2D eigenvalue weighted by molar-refractivity contribution is 14.1. The Balaban J connectivity index is 2.16. The molecule has 8 heteroatoms. The first kappa shape index (κ1) is 21.6. The van der Waals surface area contributed by atoms with Crippen LogP contribution in [0.2, 0.25) is 0 Å². The molecule has 0 saturated heterocycles. The quantitative estimate of drug-likeness (QED) is 0.542. The third-order valence-electron chi connectivity index (χ3n) is 4.46. The summed E-state index contributed by atoms with van der Waals surface area (Å²) >= 11 is 2.09. The summed E-state index contributed by atoms with van der Waals surface area (Å²) in [6, 6.07) is 13.7. The second-order valence-electron chi connectivity index (χ2n) is 6.45. The smallest absolute Gasteiger partial charge is 0.320 e. The fourth-order valence-corrected chi connectivity index (χ4v) is 4.07. The van der Waals surface area contributed by atoms with Gasteiger partial charge in [0.25, 0.3) is 0 Å². The van der Waals surface area contributed by atoms with E-state index in [0.29, 0.717) is 38.5 Å². The van der Waals surface area contributed by atoms with Crippen molar-refractivity contribution in [1.29, 1.82) is 5.26 Å². The number of carbonyl (C=O) groups is 2. The zero-order chi connectivity index (χ0) is 21.7. The van der Waals surface area contributed by atoms with Crippen molar-refractivity contribution in [3.05, 3.63) is 62.7 Å². The fraction of sp³-hybridized carbons (Fsp3) is 0.227. The highest BCUT2D eigenvalue weighted by Crippen LogP contribution is 2.39. The first-order chi connectivity index (χ1) is 14.5. The zero-order valence-corrected chi connectivity index (χ0v) is 18.6. The zero-order valence-electron chi connectivity index (χ0n) is 16.5. The number of ether oxygens (including phenoxy) is 2. The Labute approximate surface area is 188 Å². The molecule has 0 aromatic heterocycles. The van der Waals surface area contributed by atoms with Crippen LogP contribution in [0.5, 0.6) is 11.5 Å². The van der Waals surface area contributed by atoms with Crippen molar-refractivity contribution in [2.45, 2.75) is 19.9 Å². The number of hydrogen-bond donors (Lipinski definition) is 2. The molecule has 2 aromatic rings. The van der Waals surface area contributed by atoms with Crippen LogP contribution in [-0.2, 0) is 4.79 Å². The second kappa shape index (κ2) is 9.63. The molecule has 7 nitrogen and oxygen atoms in total. The Kier molecular flexibility index (Phi) is 6.95. The summed E-state index contributed by atoms with van der Waals surface area (Å²) in [5.41, 5.74) is 2.36. The van der Waals surface area contributed by atoms with Crippen molar-refractivity contribution in [3.8, 4) is 17.6 Å². The van der Waals surface area contributed by atoms with Crippen LogP contribution in [0.25, 0.3) is 5.70 Å². The lowest BCUT2D eigenvalue weighted by Crippen LogP contribution is -2.44. The van der Waals surface area contributed by atoms with Crippen LogP contribution >= 0.6 is 22.6 Å². The molecule has 154 valence electrons. The maximum Gasteiger partial charge on any atom is 0.320 e. The highest BCUT2D eigenvalue weighted by atomic mass is 127. The van der Waals surface area contributed by atoms with E-state index in [1.807, 2.05) is 49.4 Å². The molecule has 1 heterocycles. The Morgan fingerprint density at radius 2 is 1.97 bits per heavy atom. The van der Waals surface area contributed by atoms with Crippen molar-refractivity contribution in [2.75, 3.05) is 13.2 Å². The van der Waals surface area contributed by atoms with E-state index in [0.717, 1.165) is 5.56 Å². The normalized spacial score (nSPS) is 15.7. The minimum atomic E-state index is -0.663. The van der Waals surface area contributed by atoms with E-state index in [4.69, 9.17) is 14.7 Å². The molecular weight excluding hydrogens is 497 g/mol. The van der Waals surface area contributed by atoms with Crippen molar-refractivity contribution in [2.24, 2.45) is 0 Å². The van der Waals surface area contributed by atoms with Gasteiger partial charge in [-0.15, -0.1) is 0 Å². The summed E-state index contributed by atoms with van der Waals surface area (Å²) in [7, 11) is 0. The van der Waals surface area contributed by atoms with E-state index in [1.54, 1.807) is 6.07 Å². The second-order valence-corrected chi connectivity index (χ2v) is 7.61. The van der Waals surface area contributed by atoms with Crippen molar-refractivity contribution in [1.82, 2.24) is 10.6 Å². The predicted octanol–water partition coefficient (Wildman–Crippen LogP) is 3.95. The number of rotatable bonds is 7. The van der Waals surface area contributed by atoms with Crippen LogP contribution in [0.4, 0.5) is 4.79 Å². The van der Waals surface area contributed by atoms with Gasteiger partial charge in [0.2, 0.25) is 0 Å². The van der Waals surface area contributed by atoms with Gasteiger partial charge in [-0.3, -0.25) is 4.79 Å².